The van der Waals surface area contributed by atoms with Gasteiger partial charge in [-0.15, -0.1) is 0 Å². The minimum atomic E-state index is 0.138. The second kappa shape index (κ2) is 4.00. The molecule has 1 aromatic rings. The van der Waals surface area contributed by atoms with Crippen molar-refractivity contribution in [1.82, 2.24) is 9.80 Å². The van der Waals surface area contributed by atoms with Gasteiger partial charge in [0.1, 0.15) is 0 Å². The first-order chi connectivity index (χ1) is 8.16. The van der Waals surface area contributed by atoms with Crippen LogP contribution in [0.25, 0.3) is 0 Å². The monoisotopic (exact) mass is 250 g/mol. The molecule has 0 saturated carbocycles. The van der Waals surface area contributed by atoms with E-state index in [-0.39, 0.29) is 11.9 Å². The van der Waals surface area contributed by atoms with Gasteiger partial charge in [-0.2, -0.15) is 0 Å². The number of likely N-dealkylation sites (N-methyl/N-ethyl adjacent to an activating group) is 1. The number of amides is 1. The molecule has 0 aromatic heterocycles. The molecule has 1 amide bonds. The van der Waals surface area contributed by atoms with Gasteiger partial charge in [0.2, 0.25) is 5.91 Å². The van der Waals surface area contributed by atoms with Gasteiger partial charge in [0.15, 0.2) is 0 Å². The van der Waals surface area contributed by atoms with Crippen LogP contribution in [0.5, 0.6) is 0 Å². The molecule has 0 aliphatic carbocycles. The van der Waals surface area contributed by atoms with E-state index in [0.29, 0.717) is 6.54 Å². The topological polar surface area (TPSA) is 23.6 Å². The second-order valence-corrected chi connectivity index (χ2v) is 5.27. The third-order valence-electron chi connectivity index (χ3n) is 3.68. The van der Waals surface area contributed by atoms with Crippen molar-refractivity contribution < 1.29 is 4.79 Å². The van der Waals surface area contributed by atoms with E-state index in [4.69, 9.17) is 11.6 Å². The molecule has 1 saturated heterocycles. The van der Waals surface area contributed by atoms with Crippen molar-refractivity contribution in [2.45, 2.75) is 12.5 Å². The van der Waals surface area contributed by atoms with Crippen molar-refractivity contribution in [3.05, 3.63) is 34.3 Å². The predicted octanol–water partition coefficient (Wildman–Crippen LogP) is 1.71. The van der Waals surface area contributed by atoms with Crippen LogP contribution in [0.2, 0.25) is 5.02 Å². The molecule has 90 valence electrons. The van der Waals surface area contributed by atoms with Crippen molar-refractivity contribution in [1.29, 1.82) is 0 Å². The maximum Gasteiger partial charge on any atom is 0.237 e. The number of piperazine rings is 1. The number of nitrogens with zero attached hydrogens (tertiary/aromatic N) is 2. The fourth-order valence-corrected chi connectivity index (χ4v) is 3.22. The number of fused-ring (bicyclic) bond motifs is 3. The van der Waals surface area contributed by atoms with Crippen LogP contribution in [0.4, 0.5) is 0 Å². The minimum Gasteiger partial charge on any atom is -0.333 e. The number of carbonyl (C=O) groups excluding carboxylic acids is 1. The molecule has 1 fully saturated rings. The lowest BCUT2D eigenvalue weighted by Crippen LogP contribution is -2.53. The van der Waals surface area contributed by atoms with Crippen molar-refractivity contribution in [3.63, 3.8) is 0 Å². The summed E-state index contributed by atoms with van der Waals surface area (Å²) in [5.74, 6) is 0.217. The van der Waals surface area contributed by atoms with E-state index in [1.807, 2.05) is 24.1 Å². The summed E-state index contributed by atoms with van der Waals surface area (Å²) in [7, 11) is 1.99. The predicted molar refractivity (Wildman–Crippen MR) is 67.1 cm³/mol. The molecule has 2 heterocycles. The minimum absolute atomic E-state index is 0.138. The first-order valence-electron chi connectivity index (χ1n) is 5.92. The Morgan fingerprint density at radius 2 is 2.24 bits per heavy atom. The van der Waals surface area contributed by atoms with Crippen LogP contribution in [0.15, 0.2) is 18.2 Å². The summed E-state index contributed by atoms with van der Waals surface area (Å²) in [6.45, 7) is 2.23. The summed E-state index contributed by atoms with van der Waals surface area (Å²) < 4.78 is 0. The fraction of sp³-hybridized carbons (Fsp3) is 0.462. The number of halogens is 1. The highest BCUT2D eigenvalue weighted by molar-refractivity contribution is 6.31. The van der Waals surface area contributed by atoms with Crippen LogP contribution in [0.1, 0.15) is 17.2 Å². The van der Waals surface area contributed by atoms with Crippen LogP contribution in [-0.4, -0.2) is 42.4 Å². The molecule has 3 nitrogen and oxygen atoms in total. The Kier molecular flexibility index (Phi) is 2.60. The van der Waals surface area contributed by atoms with E-state index >= 15 is 0 Å². The zero-order valence-corrected chi connectivity index (χ0v) is 10.6. The lowest BCUT2D eigenvalue weighted by Gasteiger charge is -2.43. The number of rotatable bonds is 0. The maximum absolute atomic E-state index is 12.0. The summed E-state index contributed by atoms with van der Waals surface area (Å²) in [6, 6.07) is 6.17. The molecule has 0 N–H and O–H groups in total. The maximum atomic E-state index is 12.0. The van der Waals surface area contributed by atoms with E-state index in [1.165, 1.54) is 5.56 Å². The summed E-state index contributed by atoms with van der Waals surface area (Å²) in [5.41, 5.74) is 2.45. The van der Waals surface area contributed by atoms with Gasteiger partial charge in [0, 0.05) is 18.1 Å². The molecular formula is C13H15ClN2O. The zero-order chi connectivity index (χ0) is 12.0. The lowest BCUT2D eigenvalue weighted by atomic mass is 9.91. The van der Waals surface area contributed by atoms with Crippen molar-refractivity contribution >= 4 is 17.5 Å². The number of hydrogen-bond donors (Lipinski definition) is 0. The van der Waals surface area contributed by atoms with Gasteiger partial charge in [-0.05, 0) is 30.7 Å². The largest absolute Gasteiger partial charge is 0.333 e. The molecule has 17 heavy (non-hydrogen) atoms. The first-order valence-corrected chi connectivity index (χ1v) is 6.30. The van der Waals surface area contributed by atoms with Crippen molar-refractivity contribution in [2.75, 3.05) is 26.7 Å². The average molecular weight is 251 g/mol. The quantitative estimate of drug-likeness (QED) is 0.700. The lowest BCUT2D eigenvalue weighted by molar-refractivity contribution is -0.139. The van der Waals surface area contributed by atoms with Crippen LogP contribution in [0.3, 0.4) is 0 Å². The smallest absolute Gasteiger partial charge is 0.237 e. The summed E-state index contributed by atoms with van der Waals surface area (Å²) in [4.78, 5) is 16.1. The first kappa shape index (κ1) is 11.1. The molecule has 1 atom stereocenters. The zero-order valence-electron chi connectivity index (χ0n) is 9.82. The molecule has 2 aliphatic heterocycles. The summed E-state index contributed by atoms with van der Waals surface area (Å²) in [6.07, 6.45) is 0.918. The normalized spacial score (nSPS) is 24.5. The summed E-state index contributed by atoms with van der Waals surface area (Å²) >= 11 is 6.30. The number of benzene rings is 1. The molecule has 1 aromatic carbocycles. The molecular weight excluding hydrogens is 236 g/mol. The highest BCUT2D eigenvalue weighted by Crippen LogP contribution is 2.36. The van der Waals surface area contributed by atoms with E-state index in [9.17, 15) is 4.79 Å². The van der Waals surface area contributed by atoms with Crippen LogP contribution >= 0.6 is 11.6 Å². The van der Waals surface area contributed by atoms with E-state index in [2.05, 4.69) is 11.0 Å². The third-order valence-corrected chi connectivity index (χ3v) is 4.01. The molecule has 0 bridgehead atoms. The highest BCUT2D eigenvalue weighted by Gasteiger charge is 2.36. The van der Waals surface area contributed by atoms with E-state index < -0.39 is 0 Å². The number of carbonyl (C=O) groups is 1. The summed E-state index contributed by atoms with van der Waals surface area (Å²) in [5, 5.41) is 0.792. The van der Waals surface area contributed by atoms with Gasteiger partial charge in [0.25, 0.3) is 0 Å². The Hall–Kier alpha value is -1.06. The van der Waals surface area contributed by atoms with Gasteiger partial charge in [0.05, 0.1) is 12.6 Å². The highest BCUT2D eigenvalue weighted by atomic mass is 35.5. The van der Waals surface area contributed by atoms with Crippen LogP contribution in [0, 0.1) is 0 Å². The molecule has 3 rings (SSSR count). The van der Waals surface area contributed by atoms with Crippen molar-refractivity contribution in [3.8, 4) is 0 Å². The van der Waals surface area contributed by atoms with Gasteiger partial charge >= 0.3 is 0 Å². The Morgan fingerprint density at radius 3 is 3.06 bits per heavy atom. The Bertz CT molecular complexity index is 474. The van der Waals surface area contributed by atoms with Gasteiger partial charge in [-0.25, -0.2) is 0 Å². The van der Waals surface area contributed by atoms with Gasteiger partial charge < -0.3 is 4.90 Å². The molecule has 1 unspecified atom stereocenters. The van der Waals surface area contributed by atoms with E-state index in [1.54, 1.807) is 0 Å². The van der Waals surface area contributed by atoms with Gasteiger partial charge in [-0.1, -0.05) is 23.7 Å². The SMILES string of the molecule is CN1CC(=O)N2CCc3cccc(Cl)c3C2C1. The second-order valence-electron chi connectivity index (χ2n) is 4.86. The molecule has 2 aliphatic rings. The molecule has 4 heteroatoms. The van der Waals surface area contributed by atoms with Crippen LogP contribution in [-0.2, 0) is 11.2 Å². The Labute approximate surface area is 106 Å². The standard InChI is InChI=1S/C13H15ClN2O/c1-15-7-11-13-9(3-2-4-10(13)14)5-6-16(11)12(17)8-15/h2-4,11H,5-8H2,1H3. The van der Waals surface area contributed by atoms with Crippen LogP contribution < -0.4 is 0 Å². The Balaban J connectivity index is 2.07. The Morgan fingerprint density at radius 1 is 1.41 bits per heavy atom. The van der Waals surface area contributed by atoms with Gasteiger partial charge in [-0.3, -0.25) is 9.69 Å². The van der Waals surface area contributed by atoms with E-state index in [0.717, 1.165) is 30.1 Å². The van der Waals surface area contributed by atoms with Crippen molar-refractivity contribution in [2.24, 2.45) is 0 Å². The molecule has 0 radical (unpaired) electrons. The molecule has 0 spiro atoms. The average Bonchev–Trinajstić information content (AvgIpc) is 2.28. The fourth-order valence-electron chi connectivity index (χ4n) is 2.90. The third kappa shape index (κ3) is 1.74. The number of hydrogen-bond acceptors (Lipinski definition) is 2.